The van der Waals surface area contributed by atoms with Gasteiger partial charge in [-0.05, 0) is 24.5 Å². The molecule has 3 aromatic rings. The fraction of sp³-hybridized carbons (Fsp3) is 0.105. The number of amides is 1. The molecule has 1 aromatic heterocycles. The van der Waals surface area contributed by atoms with Crippen LogP contribution >= 0.6 is 11.8 Å². The first kappa shape index (κ1) is 19.7. The summed E-state index contributed by atoms with van der Waals surface area (Å²) < 4.78 is 39.2. The average molecular weight is 405 g/mol. The Morgan fingerprint density at radius 2 is 1.93 bits per heavy atom. The van der Waals surface area contributed by atoms with Crippen molar-refractivity contribution in [2.75, 3.05) is 6.26 Å². The highest BCUT2D eigenvalue weighted by molar-refractivity contribution is 7.98. The lowest BCUT2D eigenvalue weighted by Gasteiger charge is -2.10. The van der Waals surface area contributed by atoms with Gasteiger partial charge >= 0.3 is 6.18 Å². The Hall–Kier alpha value is -3.07. The average Bonchev–Trinajstić information content (AvgIpc) is 2.67. The lowest BCUT2D eigenvalue weighted by atomic mass is 10.1. The SMILES string of the molecule is CSc1ccccc1/C=N/NC(=O)c1c[nH]c2c(C(F)(F)F)cccc2c1=O. The van der Waals surface area contributed by atoms with Crippen LogP contribution in [0.1, 0.15) is 21.5 Å². The van der Waals surface area contributed by atoms with Crippen LogP contribution in [0.2, 0.25) is 0 Å². The Bertz CT molecular complexity index is 1120. The van der Waals surface area contributed by atoms with E-state index in [0.29, 0.717) is 0 Å². The van der Waals surface area contributed by atoms with Crippen LogP contribution in [0.5, 0.6) is 0 Å². The zero-order chi connectivity index (χ0) is 20.3. The monoisotopic (exact) mass is 405 g/mol. The number of para-hydroxylation sites is 1. The maximum absolute atomic E-state index is 13.1. The number of rotatable bonds is 4. The molecule has 0 bridgehead atoms. The molecule has 0 radical (unpaired) electrons. The van der Waals surface area contributed by atoms with Gasteiger partial charge in [0.05, 0.1) is 17.3 Å². The Kier molecular flexibility index (Phi) is 5.55. The van der Waals surface area contributed by atoms with E-state index in [2.05, 4.69) is 15.5 Å². The summed E-state index contributed by atoms with van der Waals surface area (Å²) in [5, 5.41) is 3.61. The normalized spacial score (nSPS) is 11.9. The fourth-order valence-electron chi connectivity index (χ4n) is 2.65. The van der Waals surface area contributed by atoms with Gasteiger partial charge in [0.15, 0.2) is 0 Å². The van der Waals surface area contributed by atoms with Crippen molar-refractivity contribution >= 4 is 34.8 Å². The molecule has 0 aliphatic heterocycles. The smallest absolute Gasteiger partial charge is 0.360 e. The molecule has 0 saturated carbocycles. The number of carbonyl (C=O) groups excluding carboxylic acids is 1. The van der Waals surface area contributed by atoms with Crippen LogP contribution in [0.4, 0.5) is 13.2 Å². The predicted octanol–water partition coefficient (Wildman–Crippen LogP) is 4.03. The number of alkyl halides is 3. The van der Waals surface area contributed by atoms with E-state index in [4.69, 9.17) is 0 Å². The van der Waals surface area contributed by atoms with Crippen molar-refractivity contribution in [3.63, 3.8) is 0 Å². The Morgan fingerprint density at radius 1 is 1.18 bits per heavy atom. The second kappa shape index (κ2) is 7.89. The molecular weight excluding hydrogens is 391 g/mol. The molecule has 0 spiro atoms. The molecule has 144 valence electrons. The number of halogens is 3. The summed E-state index contributed by atoms with van der Waals surface area (Å²) in [7, 11) is 0. The van der Waals surface area contributed by atoms with E-state index in [9.17, 15) is 22.8 Å². The van der Waals surface area contributed by atoms with Crippen molar-refractivity contribution < 1.29 is 18.0 Å². The molecule has 3 rings (SSSR count). The first-order valence-electron chi connectivity index (χ1n) is 8.01. The molecule has 5 nitrogen and oxygen atoms in total. The molecule has 0 saturated heterocycles. The standard InChI is InChI=1S/C19H14F3N3O2S/c1-28-15-8-3-2-5-11(15)9-24-25-18(27)13-10-23-16-12(17(13)26)6-4-7-14(16)19(20,21)22/h2-10H,1H3,(H,23,26)(H,25,27)/b24-9+. The Balaban J connectivity index is 1.90. The first-order valence-corrected chi connectivity index (χ1v) is 9.23. The van der Waals surface area contributed by atoms with E-state index in [1.807, 2.05) is 30.5 Å². The van der Waals surface area contributed by atoms with Crippen LogP contribution in [0, 0.1) is 0 Å². The van der Waals surface area contributed by atoms with Gasteiger partial charge in [-0.1, -0.05) is 24.3 Å². The van der Waals surface area contributed by atoms with E-state index < -0.39 is 23.1 Å². The van der Waals surface area contributed by atoms with Crippen LogP contribution in [0.25, 0.3) is 10.9 Å². The number of carbonyl (C=O) groups is 1. The number of thioether (sulfide) groups is 1. The van der Waals surface area contributed by atoms with E-state index in [1.165, 1.54) is 24.0 Å². The second-order valence-electron chi connectivity index (χ2n) is 5.70. The van der Waals surface area contributed by atoms with Crippen molar-refractivity contribution in [1.82, 2.24) is 10.4 Å². The zero-order valence-electron chi connectivity index (χ0n) is 14.5. The third kappa shape index (κ3) is 3.94. The molecule has 0 aliphatic carbocycles. The van der Waals surface area contributed by atoms with E-state index >= 15 is 0 Å². The molecular formula is C19H14F3N3O2S. The Morgan fingerprint density at radius 3 is 2.64 bits per heavy atom. The van der Waals surface area contributed by atoms with Gasteiger partial charge in [-0.2, -0.15) is 18.3 Å². The van der Waals surface area contributed by atoms with Crippen LogP contribution in [-0.2, 0) is 6.18 Å². The quantitative estimate of drug-likeness (QED) is 0.391. The molecule has 0 atom stereocenters. The Labute approximate surface area is 161 Å². The molecule has 1 amide bonds. The number of fused-ring (bicyclic) bond motifs is 1. The minimum absolute atomic E-state index is 0.223. The van der Waals surface area contributed by atoms with Crippen molar-refractivity contribution in [3.8, 4) is 0 Å². The molecule has 28 heavy (non-hydrogen) atoms. The van der Waals surface area contributed by atoms with E-state index in [-0.39, 0.29) is 16.5 Å². The summed E-state index contributed by atoms with van der Waals surface area (Å²) in [5.41, 5.74) is 0.526. The summed E-state index contributed by atoms with van der Waals surface area (Å²) in [4.78, 5) is 28.1. The molecule has 0 unspecified atom stereocenters. The lowest BCUT2D eigenvalue weighted by Crippen LogP contribution is -2.25. The van der Waals surface area contributed by atoms with Crippen LogP contribution < -0.4 is 10.9 Å². The van der Waals surface area contributed by atoms with E-state index in [0.717, 1.165) is 28.8 Å². The van der Waals surface area contributed by atoms with Gasteiger partial charge in [0.2, 0.25) is 5.43 Å². The molecule has 0 fully saturated rings. The van der Waals surface area contributed by atoms with E-state index in [1.54, 1.807) is 0 Å². The van der Waals surface area contributed by atoms with Crippen molar-refractivity contribution in [2.24, 2.45) is 5.10 Å². The molecule has 2 N–H and O–H groups in total. The van der Waals surface area contributed by atoms with Gasteiger partial charge in [-0.3, -0.25) is 9.59 Å². The second-order valence-corrected chi connectivity index (χ2v) is 6.55. The summed E-state index contributed by atoms with van der Waals surface area (Å²) in [6.45, 7) is 0. The first-order chi connectivity index (χ1) is 13.3. The molecule has 1 heterocycles. The number of benzene rings is 2. The summed E-state index contributed by atoms with van der Waals surface area (Å²) in [6, 6.07) is 10.6. The minimum Gasteiger partial charge on any atom is -0.360 e. The van der Waals surface area contributed by atoms with Crippen molar-refractivity contribution in [2.45, 2.75) is 11.1 Å². The number of nitrogens with zero attached hydrogens (tertiary/aromatic N) is 1. The van der Waals surface area contributed by atoms with Crippen LogP contribution in [0.15, 0.2) is 63.5 Å². The third-order valence-corrected chi connectivity index (χ3v) is 4.78. The number of hydrazone groups is 1. The van der Waals surface area contributed by atoms with Crippen molar-refractivity contribution in [3.05, 3.63) is 75.6 Å². The van der Waals surface area contributed by atoms with Gasteiger partial charge in [0, 0.05) is 22.0 Å². The topological polar surface area (TPSA) is 74.3 Å². The van der Waals surface area contributed by atoms with Gasteiger partial charge in [-0.25, -0.2) is 5.43 Å². The number of H-pyrrole nitrogens is 1. The summed E-state index contributed by atoms with van der Waals surface area (Å²) >= 11 is 1.51. The third-order valence-electron chi connectivity index (χ3n) is 3.97. The zero-order valence-corrected chi connectivity index (χ0v) is 15.3. The summed E-state index contributed by atoms with van der Waals surface area (Å²) in [6.07, 6.45) is -0.336. The van der Waals surface area contributed by atoms with Gasteiger partial charge in [0.25, 0.3) is 5.91 Å². The number of aromatic amines is 1. The predicted molar refractivity (Wildman–Crippen MR) is 103 cm³/mol. The molecule has 0 aliphatic rings. The van der Waals surface area contributed by atoms with Gasteiger partial charge < -0.3 is 4.98 Å². The number of hydrogen-bond donors (Lipinski definition) is 2. The van der Waals surface area contributed by atoms with Gasteiger partial charge in [0.1, 0.15) is 5.56 Å². The highest BCUT2D eigenvalue weighted by Gasteiger charge is 2.33. The maximum atomic E-state index is 13.1. The van der Waals surface area contributed by atoms with Gasteiger partial charge in [-0.15, -0.1) is 11.8 Å². The highest BCUT2D eigenvalue weighted by atomic mass is 32.2. The highest BCUT2D eigenvalue weighted by Crippen LogP contribution is 2.32. The molecule has 2 aromatic carbocycles. The summed E-state index contributed by atoms with van der Waals surface area (Å²) in [5.74, 6) is -0.821. The number of hydrogen-bond acceptors (Lipinski definition) is 4. The van der Waals surface area contributed by atoms with Crippen LogP contribution in [-0.4, -0.2) is 23.4 Å². The van der Waals surface area contributed by atoms with Crippen molar-refractivity contribution in [1.29, 1.82) is 0 Å². The number of nitrogens with one attached hydrogen (secondary N) is 2. The maximum Gasteiger partial charge on any atom is 0.418 e. The van der Waals surface area contributed by atoms with Crippen LogP contribution in [0.3, 0.4) is 0 Å². The lowest BCUT2D eigenvalue weighted by molar-refractivity contribution is -0.136. The largest absolute Gasteiger partial charge is 0.418 e. The fourth-order valence-corrected chi connectivity index (χ4v) is 3.22. The molecule has 9 heteroatoms. The number of pyridine rings is 1. The number of aromatic nitrogens is 1. The minimum atomic E-state index is -4.62.